The van der Waals surface area contributed by atoms with Crippen molar-refractivity contribution in [3.8, 4) is 17.2 Å². The SMILES string of the molecule is CS(=O)(=O)c1cccc(-c2ccc(C[C@@H](C#N)NC(=O)[C@@H]3C[C@@H]4CCCC[C@@H]4N3)cc2)c1. The standard InChI is InChI=1S/C25H29N3O3S/c1-32(30,31)22-7-4-6-19(14-22)18-11-9-17(10-12-18)13-21(16-26)27-25(29)24-15-20-5-2-3-8-23(20)28-24/h4,6-7,9-12,14,20-21,23-24,28H,2-3,5,8,13,15H2,1H3,(H,27,29)/t20-,21-,23-,24-/m0/s1. The van der Waals surface area contributed by atoms with Gasteiger partial charge in [-0.15, -0.1) is 0 Å². The fourth-order valence-electron chi connectivity index (χ4n) is 4.90. The Kier molecular flexibility index (Phi) is 6.63. The molecule has 168 valence electrons. The highest BCUT2D eigenvalue weighted by atomic mass is 32.2. The molecular formula is C25H29N3O3S. The second-order valence-corrected chi connectivity index (χ2v) is 11.0. The summed E-state index contributed by atoms with van der Waals surface area (Å²) in [6.45, 7) is 0. The molecule has 0 aromatic heterocycles. The Hall–Kier alpha value is -2.69. The first-order valence-corrected chi connectivity index (χ1v) is 13.1. The first kappa shape index (κ1) is 22.5. The number of nitrogens with zero attached hydrogens (tertiary/aromatic N) is 1. The van der Waals surface area contributed by atoms with Crippen LogP contribution in [0, 0.1) is 17.2 Å². The summed E-state index contributed by atoms with van der Waals surface area (Å²) >= 11 is 0. The summed E-state index contributed by atoms with van der Waals surface area (Å²) in [6.07, 6.45) is 7.25. The zero-order chi connectivity index (χ0) is 22.7. The zero-order valence-electron chi connectivity index (χ0n) is 18.3. The van der Waals surface area contributed by atoms with Crippen LogP contribution in [0.5, 0.6) is 0 Å². The smallest absolute Gasteiger partial charge is 0.238 e. The van der Waals surface area contributed by atoms with E-state index in [1.807, 2.05) is 30.3 Å². The van der Waals surface area contributed by atoms with Crippen molar-refractivity contribution in [1.82, 2.24) is 10.6 Å². The number of hydrogen-bond donors (Lipinski definition) is 2. The number of amides is 1. The van der Waals surface area contributed by atoms with E-state index in [1.54, 1.807) is 18.2 Å². The molecule has 2 fully saturated rings. The van der Waals surface area contributed by atoms with Gasteiger partial charge in [0.25, 0.3) is 0 Å². The molecule has 6 nitrogen and oxygen atoms in total. The first-order chi connectivity index (χ1) is 15.3. The Morgan fingerprint density at radius 2 is 1.91 bits per heavy atom. The molecule has 1 heterocycles. The van der Waals surface area contributed by atoms with Gasteiger partial charge in [0.05, 0.1) is 17.0 Å². The van der Waals surface area contributed by atoms with Crippen LogP contribution in [0.25, 0.3) is 11.1 Å². The monoisotopic (exact) mass is 451 g/mol. The largest absolute Gasteiger partial charge is 0.339 e. The Balaban J connectivity index is 1.38. The van der Waals surface area contributed by atoms with Crippen LogP contribution >= 0.6 is 0 Å². The predicted octanol–water partition coefficient (Wildman–Crippen LogP) is 3.23. The quantitative estimate of drug-likeness (QED) is 0.703. The molecule has 4 rings (SSSR count). The van der Waals surface area contributed by atoms with Crippen LogP contribution in [0.3, 0.4) is 0 Å². The molecule has 1 amide bonds. The van der Waals surface area contributed by atoms with Crippen molar-refractivity contribution in [3.05, 3.63) is 54.1 Å². The van der Waals surface area contributed by atoms with Gasteiger partial charge in [0.15, 0.2) is 9.84 Å². The molecule has 2 N–H and O–H groups in total. The van der Waals surface area contributed by atoms with Gasteiger partial charge in [0.2, 0.25) is 5.91 Å². The minimum atomic E-state index is -3.27. The number of nitriles is 1. The van der Waals surface area contributed by atoms with Crippen LogP contribution in [-0.2, 0) is 21.1 Å². The molecule has 1 saturated heterocycles. The van der Waals surface area contributed by atoms with Crippen LogP contribution in [0.4, 0.5) is 0 Å². The molecule has 2 aromatic carbocycles. The average Bonchev–Trinajstić information content (AvgIpc) is 3.23. The number of carbonyl (C=O) groups excluding carboxylic acids is 1. The van der Waals surface area contributed by atoms with Gasteiger partial charge < -0.3 is 10.6 Å². The Morgan fingerprint density at radius 1 is 1.16 bits per heavy atom. The summed E-state index contributed by atoms with van der Waals surface area (Å²) in [5.41, 5.74) is 2.65. The minimum Gasteiger partial charge on any atom is -0.339 e. The van der Waals surface area contributed by atoms with E-state index in [1.165, 1.54) is 25.5 Å². The van der Waals surface area contributed by atoms with Gasteiger partial charge in [-0.1, -0.05) is 49.2 Å². The summed E-state index contributed by atoms with van der Waals surface area (Å²) in [5, 5.41) is 16.0. The number of benzene rings is 2. The summed E-state index contributed by atoms with van der Waals surface area (Å²) in [5.74, 6) is 0.494. The molecule has 0 spiro atoms. The third-order valence-corrected chi connectivity index (χ3v) is 7.75. The number of nitrogens with one attached hydrogen (secondary N) is 2. The molecule has 1 aliphatic heterocycles. The second-order valence-electron chi connectivity index (χ2n) is 9.00. The molecule has 0 unspecified atom stereocenters. The summed E-state index contributed by atoms with van der Waals surface area (Å²) in [6, 6.07) is 16.4. The molecular weight excluding hydrogens is 422 g/mol. The van der Waals surface area contributed by atoms with Gasteiger partial charge in [-0.25, -0.2) is 8.42 Å². The highest BCUT2D eigenvalue weighted by Gasteiger charge is 2.38. The average molecular weight is 452 g/mol. The van der Waals surface area contributed by atoms with Crippen molar-refractivity contribution >= 4 is 15.7 Å². The van der Waals surface area contributed by atoms with E-state index >= 15 is 0 Å². The molecule has 2 aromatic rings. The summed E-state index contributed by atoms with van der Waals surface area (Å²) in [4.78, 5) is 13.0. The van der Waals surface area contributed by atoms with E-state index in [2.05, 4.69) is 16.7 Å². The van der Waals surface area contributed by atoms with Crippen LogP contribution in [0.15, 0.2) is 53.4 Å². The second kappa shape index (κ2) is 9.43. The minimum absolute atomic E-state index is 0.0832. The lowest BCUT2D eigenvalue weighted by Crippen LogP contribution is -2.47. The molecule has 0 bridgehead atoms. The van der Waals surface area contributed by atoms with Crippen molar-refractivity contribution in [2.24, 2.45) is 5.92 Å². The van der Waals surface area contributed by atoms with E-state index in [4.69, 9.17) is 0 Å². The molecule has 1 saturated carbocycles. The van der Waals surface area contributed by atoms with Crippen LogP contribution in [0.2, 0.25) is 0 Å². The topological polar surface area (TPSA) is 99.1 Å². The summed E-state index contributed by atoms with van der Waals surface area (Å²) in [7, 11) is -3.27. The highest BCUT2D eigenvalue weighted by Crippen LogP contribution is 2.33. The fraction of sp³-hybridized carbons (Fsp3) is 0.440. The van der Waals surface area contributed by atoms with E-state index in [0.717, 1.165) is 29.5 Å². The van der Waals surface area contributed by atoms with Gasteiger partial charge in [0.1, 0.15) is 6.04 Å². The van der Waals surface area contributed by atoms with Crippen LogP contribution in [0.1, 0.15) is 37.7 Å². The lowest BCUT2D eigenvalue weighted by atomic mass is 9.85. The van der Waals surface area contributed by atoms with Crippen molar-refractivity contribution < 1.29 is 13.2 Å². The third-order valence-electron chi connectivity index (χ3n) is 6.64. The zero-order valence-corrected chi connectivity index (χ0v) is 19.1. The van der Waals surface area contributed by atoms with Crippen LogP contribution in [-0.4, -0.2) is 38.7 Å². The van der Waals surface area contributed by atoms with Gasteiger partial charge >= 0.3 is 0 Å². The lowest BCUT2D eigenvalue weighted by molar-refractivity contribution is -0.123. The van der Waals surface area contributed by atoms with Gasteiger partial charge in [-0.2, -0.15) is 5.26 Å². The molecule has 4 atom stereocenters. The van der Waals surface area contributed by atoms with Gasteiger partial charge in [-0.3, -0.25) is 4.79 Å². The Bertz CT molecular complexity index is 1110. The first-order valence-electron chi connectivity index (χ1n) is 11.2. The van der Waals surface area contributed by atoms with Crippen molar-refractivity contribution in [2.45, 2.75) is 61.5 Å². The number of carbonyl (C=O) groups is 1. The maximum absolute atomic E-state index is 12.7. The van der Waals surface area contributed by atoms with E-state index in [9.17, 15) is 18.5 Å². The molecule has 1 aliphatic carbocycles. The Labute approximate surface area is 190 Å². The number of rotatable bonds is 6. The van der Waals surface area contributed by atoms with E-state index in [0.29, 0.717) is 18.4 Å². The molecule has 32 heavy (non-hydrogen) atoms. The highest BCUT2D eigenvalue weighted by molar-refractivity contribution is 7.90. The van der Waals surface area contributed by atoms with E-state index in [-0.39, 0.29) is 16.8 Å². The maximum atomic E-state index is 12.7. The molecule has 0 radical (unpaired) electrons. The predicted molar refractivity (Wildman–Crippen MR) is 124 cm³/mol. The summed E-state index contributed by atoms with van der Waals surface area (Å²) < 4.78 is 23.6. The van der Waals surface area contributed by atoms with E-state index < -0.39 is 15.9 Å². The maximum Gasteiger partial charge on any atom is 0.238 e. The van der Waals surface area contributed by atoms with Gasteiger partial charge in [-0.05, 0) is 54.0 Å². The number of hydrogen-bond acceptors (Lipinski definition) is 5. The van der Waals surface area contributed by atoms with Crippen LogP contribution < -0.4 is 10.6 Å². The van der Waals surface area contributed by atoms with Crippen molar-refractivity contribution in [3.63, 3.8) is 0 Å². The fourth-order valence-corrected chi connectivity index (χ4v) is 5.56. The lowest BCUT2D eigenvalue weighted by Gasteiger charge is -2.24. The molecule has 7 heteroatoms. The molecule has 2 aliphatic rings. The normalized spacial score (nSPS) is 23.7. The Morgan fingerprint density at radius 3 is 2.59 bits per heavy atom. The third kappa shape index (κ3) is 5.20. The van der Waals surface area contributed by atoms with Crippen molar-refractivity contribution in [2.75, 3.05) is 6.26 Å². The number of sulfone groups is 1. The number of fused-ring (bicyclic) bond motifs is 1. The van der Waals surface area contributed by atoms with Gasteiger partial charge in [0, 0.05) is 18.7 Å². The van der Waals surface area contributed by atoms with Crippen molar-refractivity contribution in [1.29, 1.82) is 5.26 Å².